The highest BCUT2D eigenvalue weighted by atomic mass is 32.1. The number of benzene rings is 2. The number of methoxy groups -OCH3 is 1. The lowest BCUT2D eigenvalue weighted by Crippen LogP contribution is -2.48. The molecule has 7 heteroatoms. The number of hydrogen-bond donors (Lipinski definition) is 1. The Morgan fingerprint density at radius 2 is 1.70 bits per heavy atom. The van der Waals surface area contributed by atoms with Crippen molar-refractivity contribution in [1.82, 2.24) is 10.2 Å². The third-order valence-electron chi connectivity index (χ3n) is 6.87. The van der Waals surface area contributed by atoms with Crippen molar-refractivity contribution in [2.75, 3.05) is 13.7 Å². The molecule has 1 aromatic heterocycles. The van der Waals surface area contributed by atoms with Gasteiger partial charge >= 0.3 is 5.97 Å². The van der Waals surface area contributed by atoms with E-state index in [-0.39, 0.29) is 24.3 Å². The van der Waals surface area contributed by atoms with Gasteiger partial charge in [-0.25, -0.2) is 4.79 Å². The zero-order valence-corrected chi connectivity index (χ0v) is 22.0. The highest BCUT2D eigenvalue weighted by Gasteiger charge is 2.33. The molecule has 0 spiro atoms. The summed E-state index contributed by atoms with van der Waals surface area (Å²) in [7, 11) is 1.34. The summed E-state index contributed by atoms with van der Waals surface area (Å²) >= 11 is 1.54. The van der Waals surface area contributed by atoms with Crippen molar-refractivity contribution < 1.29 is 19.1 Å². The van der Waals surface area contributed by atoms with E-state index < -0.39 is 12.0 Å². The Hall–Kier alpha value is -3.45. The number of carbonyl (C=O) groups excluding carboxylic acids is 3. The van der Waals surface area contributed by atoms with Gasteiger partial charge in [-0.2, -0.15) is 0 Å². The molecule has 0 bridgehead atoms. The maximum atomic E-state index is 13.9. The average molecular weight is 519 g/mol. The number of hydrogen-bond acceptors (Lipinski definition) is 5. The molecule has 2 amide bonds. The third-order valence-corrected chi connectivity index (χ3v) is 7.75. The number of amides is 2. The number of nitrogens with zero attached hydrogens (tertiary/aromatic N) is 1. The van der Waals surface area contributed by atoms with E-state index in [1.54, 1.807) is 29.2 Å². The van der Waals surface area contributed by atoms with Crippen molar-refractivity contribution in [3.8, 4) is 0 Å². The van der Waals surface area contributed by atoms with E-state index in [0.717, 1.165) is 36.1 Å². The van der Waals surface area contributed by atoms with E-state index >= 15 is 0 Å². The molecule has 0 saturated heterocycles. The second-order valence-corrected chi connectivity index (χ2v) is 10.5. The fourth-order valence-electron chi connectivity index (χ4n) is 4.88. The Balaban J connectivity index is 1.66. The predicted octanol–water partition coefficient (Wildman–Crippen LogP) is 5.34. The van der Waals surface area contributed by atoms with Crippen LogP contribution < -0.4 is 5.32 Å². The van der Waals surface area contributed by atoms with Crippen molar-refractivity contribution in [3.63, 3.8) is 0 Å². The van der Waals surface area contributed by atoms with E-state index in [2.05, 4.69) is 5.32 Å². The third kappa shape index (κ3) is 7.29. The van der Waals surface area contributed by atoms with Crippen LogP contribution in [0.3, 0.4) is 0 Å². The monoisotopic (exact) mass is 518 g/mol. The number of ether oxygens (including phenoxy) is 1. The molecular formula is C30H34N2O4S. The highest BCUT2D eigenvalue weighted by Crippen LogP contribution is 2.26. The van der Waals surface area contributed by atoms with Crippen LogP contribution in [0.5, 0.6) is 0 Å². The second-order valence-electron chi connectivity index (χ2n) is 9.44. The second kappa shape index (κ2) is 13.2. The van der Waals surface area contributed by atoms with E-state index in [1.807, 2.05) is 47.8 Å². The van der Waals surface area contributed by atoms with Gasteiger partial charge in [-0.15, -0.1) is 11.3 Å². The first-order valence-electron chi connectivity index (χ1n) is 12.9. The number of carbonyl (C=O) groups is 3. The van der Waals surface area contributed by atoms with Gasteiger partial charge in [0.25, 0.3) is 0 Å². The van der Waals surface area contributed by atoms with Crippen LogP contribution in [0.2, 0.25) is 0 Å². The Bertz CT molecular complexity index is 1160. The first-order chi connectivity index (χ1) is 18.0. The summed E-state index contributed by atoms with van der Waals surface area (Å²) in [6.07, 6.45) is 6.15. The van der Waals surface area contributed by atoms with Crippen molar-refractivity contribution in [2.24, 2.45) is 0 Å². The van der Waals surface area contributed by atoms with Crippen LogP contribution in [0.4, 0.5) is 0 Å². The summed E-state index contributed by atoms with van der Waals surface area (Å²) in [5, 5.41) is 5.19. The molecule has 2 aromatic carbocycles. The number of esters is 1. The molecule has 3 aromatic rings. The molecule has 1 saturated carbocycles. The summed E-state index contributed by atoms with van der Waals surface area (Å²) < 4.78 is 4.83. The van der Waals surface area contributed by atoms with E-state index in [4.69, 9.17) is 4.74 Å². The fraction of sp³-hybridized carbons (Fsp3) is 0.367. The summed E-state index contributed by atoms with van der Waals surface area (Å²) in [6, 6.07) is 20.0. The molecule has 0 aliphatic heterocycles. The van der Waals surface area contributed by atoms with Crippen molar-refractivity contribution in [3.05, 3.63) is 93.7 Å². The minimum Gasteiger partial charge on any atom is -0.465 e. The molecule has 1 N–H and O–H groups in total. The van der Waals surface area contributed by atoms with Crippen LogP contribution in [-0.4, -0.2) is 42.4 Å². The summed E-state index contributed by atoms with van der Waals surface area (Å²) in [6.45, 7) is 0.399. The van der Waals surface area contributed by atoms with Crippen LogP contribution in [0.25, 0.3) is 0 Å². The molecule has 1 fully saturated rings. The van der Waals surface area contributed by atoms with Crippen molar-refractivity contribution in [1.29, 1.82) is 0 Å². The Morgan fingerprint density at radius 1 is 0.973 bits per heavy atom. The zero-order chi connectivity index (χ0) is 26.0. The quantitative estimate of drug-likeness (QED) is 0.368. The smallest absolute Gasteiger partial charge is 0.337 e. The Labute approximate surface area is 222 Å². The molecule has 1 aliphatic rings. The summed E-state index contributed by atoms with van der Waals surface area (Å²) in [5.74, 6) is -0.714. The zero-order valence-electron chi connectivity index (χ0n) is 21.2. The van der Waals surface area contributed by atoms with Gasteiger partial charge in [-0.1, -0.05) is 67.8 Å². The van der Waals surface area contributed by atoms with E-state index in [1.165, 1.54) is 24.9 Å². The van der Waals surface area contributed by atoms with Gasteiger partial charge in [-0.3, -0.25) is 9.59 Å². The minimum atomic E-state index is -0.801. The topological polar surface area (TPSA) is 75.7 Å². The Morgan fingerprint density at radius 3 is 2.35 bits per heavy atom. The van der Waals surface area contributed by atoms with Crippen molar-refractivity contribution >= 4 is 29.1 Å². The van der Waals surface area contributed by atoms with Gasteiger partial charge in [-0.05, 0) is 54.0 Å². The maximum Gasteiger partial charge on any atom is 0.337 e. The SMILES string of the molecule is COC(=O)c1ccc(C(C(=O)NC2CCCCC2)N(CCc2ccccc2)C(=O)Cc2cccs2)cc1. The molecule has 1 aliphatic carbocycles. The lowest BCUT2D eigenvalue weighted by molar-refractivity contribution is -0.140. The molecule has 4 rings (SSSR count). The lowest BCUT2D eigenvalue weighted by Gasteiger charge is -2.33. The minimum absolute atomic E-state index is 0.0979. The fourth-order valence-corrected chi connectivity index (χ4v) is 5.57. The van der Waals surface area contributed by atoms with Crippen LogP contribution in [-0.2, 0) is 27.2 Å². The number of thiophene rings is 1. The lowest BCUT2D eigenvalue weighted by atomic mass is 9.94. The largest absolute Gasteiger partial charge is 0.465 e. The summed E-state index contributed by atoms with van der Waals surface area (Å²) in [5.41, 5.74) is 2.18. The van der Waals surface area contributed by atoms with Crippen LogP contribution >= 0.6 is 11.3 Å². The molecule has 1 unspecified atom stereocenters. The van der Waals surface area contributed by atoms with Gasteiger partial charge < -0.3 is 15.0 Å². The number of nitrogens with one attached hydrogen (secondary N) is 1. The molecule has 0 radical (unpaired) electrons. The first-order valence-corrected chi connectivity index (χ1v) is 13.8. The van der Waals surface area contributed by atoms with Gasteiger partial charge in [0.1, 0.15) is 6.04 Å². The maximum absolute atomic E-state index is 13.9. The number of rotatable bonds is 10. The molecule has 194 valence electrons. The van der Waals surface area contributed by atoms with Crippen LogP contribution in [0.1, 0.15) is 64.5 Å². The molecule has 6 nitrogen and oxygen atoms in total. The van der Waals surface area contributed by atoms with Gasteiger partial charge in [0.2, 0.25) is 11.8 Å². The van der Waals surface area contributed by atoms with Crippen molar-refractivity contribution in [2.45, 2.75) is 57.0 Å². The molecular weight excluding hydrogens is 484 g/mol. The standard InChI is InChI=1S/C30H34N2O4S/c1-36-30(35)24-16-14-23(15-17-24)28(29(34)31-25-11-6-3-7-12-25)32(19-18-22-9-4-2-5-10-22)27(33)21-26-13-8-20-37-26/h2,4-5,8-10,13-17,20,25,28H,3,6-7,11-12,18-19,21H2,1H3,(H,31,34). The Kier molecular flexibility index (Phi) is 9.49. The van der Waals surface area contributed by atoms with E-state index in [9.17, 15) is 14.4 Å². The van der Waals surface area contributed by atoms with Crippen LogP contribution in [0.15, 0.2) is 72.1 Å². The van der Waals surface area contributed by atoms with Gasteiger partial charge in [0, 0.05) is 17.5 Å². The van der Waals surface area contributed by atoms with E-state index in [0.29, 0.717) is 24.1 Å². The molecule has 1 heterocycles. The van der Waals surface area contributed by atoms with Gasteiger partial charge in [0.05, 0.1) is 19.1 Å². The molecule has 37 heavy (non-hydrogen) atoms. The summed E-state index contributed by atoms with van der Waals surface area (Å²) in [4.78, 5) is 42.3. The highest BCUT2D eigenvalue weighted by molar-refractivity contribution is 7.10. The predicted molar refractivity (Wildman–Crippen MR) is 145 cm³/mol. The molecule has 1 atom stereocenters. The first kappa shape index (κ1) is 26.6. The van der Waals surface area contributed by atoms with Crippen LogP contribution in [0, 0.1) is 0 Å². The van der Waals surface area contributed by atoms with Gasteiger partial charge in [0.15, 0.2) is 0 Å². The normalized spacial score (nSPS) is 14.5. The average Bonchev–Trinajstić information content (AvgIpc) is 3.44.